The van der Waals surface area contributed by atoms with Gasteiger partial charge >= 0.3 is 0 Å². The number of aliphatic hydroxyl groups excluding tert-OH is 1. The van der Waals surface area contributed by atoms with Crippen molar-refractivity contribution in [2.24, 2.45) is 0 Å². The molecule has 0 spiro atoms. The molecular formula is C13H11N3O2S. The molecule has 0 atom stereocenters. The maximum atomic E-state index is 11.8. The van der Waals surface area contributed by atoms with E-state index in [1.54, 1.807) is 17.5 Å². The van der Waals surface area contributed by atoms with Gasteiger partial charge in [0.25, 0.3) is 5.91 Å². The lowest BCUT2D eigenvalue weighted by molar-refractivity contribution is 0.102. The minimum Gasteiger partial charge on any atom is -0.384 e. The van der Waals surface area contributed by atoms with E-state index in [-0.39, 0.29) is 12.5 Å². The summed E-state index contributed by atoms with van der Waals surface area (Å²) in [7, 11) is 0. The van der Waals surface area contributed by atoms with Gasteiger partial charge < -0.3 is 10.4 Å². The number of benzene rings is 1. The maximum Gasteiger partial charge on any atom is 0.277 e. The Bertz CT molecular complexity index is 642. The number of aliphatic hydroxyl groups is 1. The molecule has 2 rings (SSSR count). The van der Waals surface area contributed by atoms with Crippen molar-refractivity contribution in [2.45, 2.75) is 6.92 Å². The molecule has 0 unspecified atom stereocenters. The number of amides is 1. The summed E-state index contributed by atoms with van der Waals surface area (Å²) in [4.78, 5) is 11.8. The first kappa shape index (κ1) is 13.2. The van der Waals surface area contributed by atoms with Crippen LogP contribution in [0.1, 0.15) is 21.6 Å². The molecule has 5 nitrogen and oxygen atoms in total. The van der Waals surface area contributed by atoms with Crippen molar-refractivity contribution in [3.8, 4) is 11.8 Å². The average Bonchev–Trinajstić information content (AvgIpc) is 2.93. The average molecular weight is 273 g/mol. The summed E-state index contributed by atoms with van der Waals surface area (Å²) in [6, 6.07) is 5.40. The zero-order valence-corrected chi connectivity index (χ0v) is 11.0. The molecule has 2 aromatic rings. The topological polar surface area (TPSA) is 75.1 Å². The zero-order chi connectivity index (χ0) is 13.7. The third-order valence-electron chi connectivity index (χ3n) is 2.38. The van der Waals surface area contributed by atoms with Crippen LogP contribution in [0, 0.1) is 18.8 Å². The minimum absolute atomic E-state index is 0.172. The predicted molar refractivity (Wildman–Crippen MR) is 73.0 cm³/mol. The summed E-state index contributed by atoms with van der Waals surface area (Å²) in [5.41, 5.74) is 2.68. The van der Waals surface area contributed by atoms with Crippen molar-refractivity contribution in [2.75, 3.05) is 11.9 Å². The van der Waals surface area contributed by atoms with Crippen molar-refractivity contribution in [1.82, 2.24) is 9.59 Å². The monoisotopic (exact) mass is 273 g/mol. The van der Waals surface area contributed by atoms with Gasteiger partial charge in [0, 0.05) is 16.6 Å². The quantitative estimate of drug-likeness (QED) is 0.812. The molecule has 19 heavy (non-hydrogen) atoms. The number of anilines is 1. The molecule has 1 aromatic heterocycles. The van der Waals surface area contributed by atoms with Crippen LogP contribution in [0.4, 0.5) is 5.69 Å². The van der Waals surface area contributed by atoms with Gasteiger partial charge in [-0.25, -0.2) is 0 Å². The first-order valence-electron chi connectivity index (χ1n) is 5.49. The summed E-state index contributed by atoms with van der Waals surface area (Å²) < 4.78 is 3.64. The molecule has 0 aliphatic heterocycles. The summed E-state index contributed by atoms with van der Waals surface area (Å²) in [6.45, 7) is 1.70. The van der Waals surface area contributed by atoms with E-state index in [1.165, 1.54) is 0 Å². The van der Waals surface area contributed by atoms with Gasteiger partial charge in [0.05, 0.1) is 0 Å². The van der Waals surface area contributed by atoms with Crippen LogP contribution in [-0.2, 0) is 0 Å². The SMILES string of the molecule is Cc1cc(C#CCO)ccc1NC(=O)c1csnn1. The second-order valence-corrected chi connectivity index (χ2v) is 4.34. The highest BCUT2D eigenvalue weighted by atomic mass is 32.1. The Morgan fingerprint density at radius 2 is 2.37 bits per heavy atom. The normalized spacial score (nSPS) is 9.58. The van der Waals surface area contributed by atoms with Gasteiger partial charge in [-0.05, 0) is 42.2 Å². The second-order valence-electron chi connectivity index (χ2n) is 3.73. The molecule has 1 amide bonds. The third kappa shape index (κ3) is 3.37. The van der Waals surface area contributed by atoms with Crippen LogP contribution < -0.4 is 5.32 Å². The Hall–Kier alpha value is -2.23. The van der Waals surface area contributed by atoms with Gasteiger partial charge in [0.15, 0.2) is 5.69 Å². The zero-order valence-electron chi connectivity index (χ0n) is 10.2. The van der Waals surface area contributed by atoms with E-state index in [1.807, 2.05) is 13.0 Å². The van der Waals surface area contributed by atoms with Gasteiger partial charge in [0.1, 0.15) is 6.61 Å². The fourth-order valence-electron chi connectivity index (χ4n) is 1.47. The van der Waals surface area contributed by atoms with Crippen LogP contribution in [0.15, 0.2) is 23.6 Å². The van der Waals surface area contributed by atoms with E-state index in [2.05, 4.69) is 26.7 Å². The predicted octanol–water partition coefficient (Wildman–Crippen LogP) is 1.44. The van der Waals surface area contributed by atoms with Crippen LogP contribution in [0.2, 0.25) is 0 Å². The number of carbonyl (C=O) groups excluding carboxylic acids is 1. The molecule has 0 radical (unpaired) electrons. The first-order chi connectivity index (χ1) is 9.20. The van der Waals surface area contributed by atoms with Crippen molar-refractivity contribution in [3.05, 3.63) is 40.4 Å². The standard InChI is InChI=1S/C13H11N3O2S/c1-9-7-10(3-2-6-17)4-5-11(9)14-13(18)12-8-19-16-15-12/h4-5,7-8,17H,6H2,1H3,(H,14,18). The Kier molecular flexibility index (Phi) is 4.23. The lowest BCUT2D eigenvalue weighted by Gasteiger charge is -2.07. The first-order valence-corrected chi connectivity index (χ1v) is 6.33. The molecule has 0 bridgehead atoms. The number of carbonyl (C=O) groups is 1. The molecule has 0 fully saturated rings. The van der Waals surface area contributed by atoms with Gasteiger partial charge in [-0.2, -0.15) is 0 Å². The highest BCUT2D eigenvalue weighted by Crippen LogP contribution is 2.17. The third-order valence-corrected chi connectivity index (χ3v) is 2.88. The van der Waals surface area contributed by atoms with Crippen LogP contribution >= 0.6 is 11.5 Å². The van der Waals surface area contributed by atoms with Crippen molar-refractivity contribution < 1.29 is 9.90 Å². The van der Waals surface area contributed by atoms with E-state index < -0.39 is 0 Å². The summed E-state index contributed by atoms with van der Waals surface area (Å²) in [5, 5.41) is 16.7. The molecular weight excluding hydrogens is 262 g/mol. The Balaban J connectivity index is 2.15. The second kappa shape index (κ2) is 6.09. The minimum atomic E-state index is -0.286. The van der Waals surface area contributed by atoms with Crippen LogP contribution in [0.25, 0.3) is 0 Å². The molecule has 0 saturated carbocycles. The molecule has 0 aliphatic rings. The highest BCUT2D eigenvalue weighted by molar-refractivity contribution is 7.03. The summed E-state index contributed by atoms with van der Waals surface area (Å²) >= 11 is 1.13. The number of hydrogen-bond acceptors (Lipinski definition) is 5. The van der Waals surface area contributed by atoms with Crippen molar-refractivity contribution in [1.29, 1.82) is 0 Å². The van der Waals surface area contributed by atoms with Crippen LogP contribution in [-0.4, -0.2) is 27.2 Å². The summed E-state index contributed by atoms with van der Waals surface area (Å²) in [5.74, 6) is 5.10. The van der Waals surface area contributed by atoms with E-state index in [0.29, 0.717) is 11.4 Å². The van der Waals surface area contributed by atoms with Gasteiger partial charge in [0.2, 0.25) is 0 Å². The van der Waals surface area contributed by atoms with Crippen LogP contribution in [0.3, 0.4) is 0 Å². The number of nitrogens with zero attached hydrogens (tertiary/aromatic N) is 2. The number of aryl methyl sites for hydroxylation is 1. The van der Waals surface area contributed by atoms with Crippen LogP contribution in [0.5, 0.6) is 0 Å². The lowest BCUT2D eigenvalue weighted by atomic mass is 10.1. The van der Waals surface area contributed by atoms with Crippen molar-refractivity contribution in [3.63, 3.8) is 0 Å². The molecule has 96 valence electrons. The number of rotatable bonds is 2. The Morgan fingerprint density at radius 1 is 1.53 bits per heavy atom. The van der Waals surface area contributed by atoms with E-state index >= 15 is 0 Å². The Morgan fingerprint density at radius 3 is 3.00 bits per heavy atom. The molecule has 6 heteroatoms. The molecule has 0 saturated heterocycles. The lowest BCUT2D eigenvalue weighted by Crippen LogP contribution is -2.13. The van der Waals surface area contributed by atoms with E-state index in [4.69, 9.17) is 5.11 Å². The van der Waals surface area contributed by atoms with E-state index in [9.17, 15) is 4.79 Å². The number of aromatic nitrogens is 2. The maximum absolute atomic E-state index is 11.8. The molecule has 2 N–H and O–H groups in total. The van der Waals surface area contributed by atoms with Gasteiger partial charge in [-0.3, -0.25) is 4.79 Å². The smallest absolute Gasteiger partial charge is 0.277 e. The largest absolute Gasteiger partial charge is 0.384 e. The van der Waals surface area contributed by atoms with Gasteiger partial charge in [-0.15, -0.1) is 5.10 Å². The fourth-order valence-corrected chi connectivity index (χ4v) is 1.91. The van der Waals surface area contributed by atoms with Crippen molar-refractivity contribution >= 4 is 23.1 Å². The molecule has 1 aromatic carbocycles. The highest BCUT2D eigenvalue weighted by Gasteiger charge is 2.10. The van der Waals surface area contributed by atoms with Gasteiger partial charge in [-0.1, -0.05) is 16.3 Å². The fraction of sp³-hybridized carbons (Fsp3) is 0.154. The number of nitrogens with one attached hydrogen (secondary N) is 1. The molecule has 0 aliphatic carbocycles. The summed E-state index contributed by atoms with van der Waals surface area (Å²) in [6.07, 6.45) is 0. The Labute approximate surface area is 114 Å². The molecule has 1 heterocycles. The van der Waals surface area contributed by atoms with E-state index in [0.717, 1.165) is 22.7 Å². The number of hydrogen-bond donors (Lipinski definition) is 2.